The first-order valence-corrected chi connectivity index (χ1v) is 5.51. The standard InChI is InChI=1S/C13H11FN2O3/c14-10-7-9(8-15)5-6-12(10)19-13-4-2-1-3-11(13)16(17)18/h1-7H,8,15H2. The molecule has 0 atom stereocenters. The number of hydrogen-bond donors (Lipinski definition) is 1. The van der Waals surface area contributed by atoms with E-state index in [-0.39, 0.29) is 23.7 Å². The Labute approximate surface area is 108 Å². The van der Waals surface area contributed by atoms with Gasteiger partial charge in [0.1, 0.15) is 0 Å². The van der Waals surface area contributed by atoms with Gasteiger partial charge in [0.2, 0.25) is 5.75 Å². The fourth-order valence-electron chi connectivity index (χ4n) is 1.57. The molecule has 19 heavy (non-hydrogen) atoms. The first-order chi connectivity index (χ1) is 9.11. The van der Waals surface area contributed by atoms with Crippen molar-refractivity contribution in [2.24, 2.45) is 5.73 Å². The van der Waals surface area contributed by atoms with Crippen LogP contribution in [0.5, 0.6) is 11.5 Å². The summed E-state index contributed by atoms with van der Waals surface area (Å²) in [5.74, 6) is -0.695. The summed E-state index contributed by atoms with van der Waals surface area (Å²) in [5.41, 5.74) is 5.79. The first kappa shape index (κ1) is 13.0. The number of nitro groups is 1. The van der Waals surface area contributed by atoms with E-state index in [2.05, 4.69) is 0 Å². The van der Waals surface area contributed by atoms with Crippen molar-refractivity contribution in [1.82, 2.24) is 0 Å². The Hall–Kier alpha value is -2.47. The van der Waals surface area contributed by atoms with Gasteiger partial charge >= 0.3 is 5.69 Å². The summed E-state index contributed by atoms with van der Waals surface area (Å²) >= 11 is 0. The highest BCUT2D eigenvalue weighted by Gasteiger charge is 2.16. The van der Waals surface area contributed by atoms with E-state index in [1.54, 1.807) is 12.1 Å². The summed E-state index contributed by atoms with van der Waals surface area (Å²) in [4.78, 5) is 10.2. The van der Waals surface area contributed by atoms with Gasteiger partial charge in [0, 0.05) is 12.6 Å². The number of nitrogens with two attached hydrogens (primary N) is 1. The Kier molecular flexibility index (Phi) is 3.72. The molecule has 2 aromatic carbocycles. The molecule has 0 heterocycles. The van der Waals surface area contributed by atoms with E-state index in [0.29, 0.717) is 5.56 Å². The second kappa shape index (κ2) is 5.45. The molecule has 5 nitrogen and oxygen atoms in total. The largest absolute Gasteiger partial charge is 0.447 e. The summed E-state index contributed by atoms with van der Waals surface area (Å²) in [5, 5.41) is 10.8. The van der Waals surface area contributed by atoms with Gasteiger partial charge in [-0.25, -0.2) is 4.39 Å². The zero-order valence-electron chi connectivity index (χ0n) is 9.88. The fraction of sp³-hybridized carbons (Fsp3) is 0.0769. The maximum Gasteiger partial charge on any atom is 0.311 e. The second-order valence-electron chi connectivity index (χ2n) is 3.80. The van der Waals surface area contributed by atoms with E-state index in [9.17, 15) is 14.5 Å². The number of hydrogen-bond acceptors (Lipinski definition) is 4. The van der Waals surface area contributed by atoms with Crippen LogP contribution in [0, 0.1) is 15.9 Å². The highest BCUT2D eigenvalue weighted by Crippen LogP contribution is 2.32. The summed E-state index contributed by atoms with van der Waals surface area (Å²) in [6, 6.07) is 10.0. The third-order valence-corrected chi connectivity index (χ3v) is 2.51. The van der Waals surface area contributed by atoms with Crippen molar-refractivity contribution in [3.8, 4) is 11.5 Å². The number of para-hydroxylation sites is 2. The lowest BCUT2D eigenvalue weighted by Crippen LogP contribution is -1.98. The maximum atomic E-state index is 13.7. The van der Waals surface area contributed by atoms with Crippen molar-refractivity contribution < 1.29 is 14.1 Å². The molecule has 0 fully saturated rings. The Morgan fingerprint density at radius 3 is 2.58 bits per heavy atom. The maximum absolute atomic E-state index is 13.7. The topological polar surface area (TPSA) is 78.4 Å². The fourth-order valence-corrected chi connectivity index (χ4v) is 1.57. The molecule has 0 saturated carbocycles. The van der Waals surface area contributed by atoms with Gasteiger partial charge in [0.25, 0.3) is 0 Å². The number of nitrogens with zero attached hydrogens (tertiary/aromatic N) is 1. The van der Waals surface area contributed by atoms with Crippen LogP contribution in [0.1, 0.15) is 5.56 Å². The second-order valence-corrected chi connectivity index (χ2v) is 3.80. The minimum Gasteiger partial charge on any atom is -0.447 e. The minimum absolute atomic E-state index is 0.00750. The molecule has 2 rings (SSSR count). The summed E-state index contributed by atoms with van der Waals surface area (Å²) in [6.45, 7) is 0.211. The predicted octanol–water partition coefficient (Wildman–Crippen LogP) is 2.98. The first-order valence-electron chi connectivity index (χ1n) is 5.51. The Morgan fingerprint density at radius 1 is 1.21 bits per heavy atom. The predicted molar refractivity (Wildman–Crippen MR) is 67.5 cm³/mol. The van der Waals surface area contributed by atoms with Crippen LogP contribution >= 0.6 is 0 Å². The van der Waals surface area contributed by atoms with Gasteiger partial charge in [-0.15, -0.1) is 0 Å². The quantitative estimate of drug-likeness (QED) is 0.678. The summed E-state index contributed by atoms with van der Waals surface area (Å²) in [7, 11) is 0. The summed E-state index contributed by atoms with van der Waals surface area (Å²) in [6.07, 6.45) is 0. The molecular formula is C13H11FN2O3. The van der Waals surface area contributed by atoms with Crippen molar-refractivity contribution in [3.63, 3.8) is 0 Å². The molecule has 98 valence electrons. The number of ether oxygens (including phenoxy) is 1. The van der Waals surface area contributed by atoms with Crippen LogP contribution in [0.25, 0.3) is 0 Å². The van der Waals surface area contributed by atoms with E-state index in [1.165, 1.54) is 30.3 Å². The lowest BCUT2D eigenvalue weighted by Gasteiger charge is -2.08. The monoisotopic (exact) mass is 262 g/mol. The molecule has 0 aromatic heterocycles. The minimum atomic E-state index is -0.610. The third kappa shape index (κ3) is 2.86. The molecule has 0 aliphatic heterocycles. The Balaban J connectivity index is 2.34. The molecule has 2 N–H and O–H groups in total. The molecule has 6 heteroatoms. The van der Waals surface area contributed by atoms with Gasteiger partial charge < -0.3 is 10.5 Å². The van der Waals surface area contributed by atoms with Crippen LogP contribution in [-0.4, -0.2) is 4.92 Å². The van der Waals surface area contributed by atoms with Crippen LogP contribution in [0.3, 0.4) is 0 Å². The van der Waals surface area contributed by atoms with Crippen LogP contribution < -0.4 is 10.5 Å². The van der Waals surface area contributed by atoms with Crippen molar-refractivity contribution in [2.75, 3.05) is 0 Å². The van der Waals surface area contributed by atoms with Crippen LogP contribution in [0.4, 0.5) is 10.1 Å². The lowest BCUT2D eigenvalue weighted by molar-refractivity contribution is -0.385. The van der Waals surface area contributed by atoms with Gasteiger partial charge in [-0.1, -0.05) is 18.2 Å². The smallest absolute Gasteiger partial charge is 0.311 e. The molecule has 0 aliphatic carbocycles. The highest BCUT2D eigenvalue weighted by atomic mass is 19.1. The van der Waals surface area contributed by atoms with E-state index >= 15 is 0 Å². The number of halogens is 1. The molecule has 0 spiro atoms. The van der Waals surface area contributed by atoms with Gasteiger partial charge in [0.15, 0.2) is 11.6 Å². The van der Waals surface area contributed by atoms with Crippen molar-refractivity contribution >= 4 is 5.69 Å². The molecule has 0 bridgehead atoms. The lowest BCUT2D eigenvalue weighted by atomic mass is 10.2. The Bertz CT molecular complexity index is 617. The molecule has 0 amide bonds. The number of nitro benzene ring substituents is 1. The molecule has 2 aromatic rings. The van der Waals surface area contributed by atoms with Crippen LogP contribution in [0.15, 0.2) is 42.5 Å². The zero-order chi connectivity index (χ0) is 13.8. The van der Waals surface area contributed by atoms with Crippen LogP contribution in [-0.2, 0) is 6.54 Å². The molecular weight excluding hydrogens is 251 g/mol. The van der Waals surface area contributed by atoms with Gasteiger partial charge in [-0.2, -0.15) is 0 Å². The van der Waals surface area contributed by atoms with E-state index in [1.807, 2.05) is 0 Å². The summed E-state index contributed by atoms with van der Waals surface area (Å²) < 4.78 is 18.9. The highest BCUT2D eigenvalue weighted by molar-refractivity contribution is 5.48. The molecule has 0 radical (unpaired) electrons. The zero-order valence-corrected chi connectivity index (χ0v) is 9.88. The molecule has 0 aliphatic rings. The SMILES string of the molecule is NCc1ccc(Oc2ccccc2[N+](=O)[O-])c(F)c1. The van der Waals surface area contributed by atoms with E-state index in [0.717, 1.165) is 0 Å². The number of rotatable bonds is 4. The molecule has 0 saturated heterocycles. The average molecular weight is 262 g/mol. The van der Waals surface area contributed by atoms with Gasteiger partial charge in [0.05, 0.1) is 4.92 Å². The molecule has 0 unspecified atom stereocenters. The average Bonchev–Trinajstić information content (AvgIpc) is 2.41. The number of benzene rings is 2. The van der Waals surface area contributed by atoms with Gasteiger partial charge in [-0.05, 0) is 23.8 Å². The van der Waals surface area contributed by atoms with Gasteiger partial charge in [-0.3, -0.25) is 10.1 Å². The van der Waals surface area contributed by atoms with E-state index in [4.69, 9.17) is 10.5 Å². The normalized spacial score (nSPS) is 10.2. The third-order valence-electron chi connectivity index (χ3n) is 2.51. The Morgan fingerprint density at radius 2 is 1.95 bits per heavy atom. The van der Waals surface area contributed by atoms with E-state index < -0.39 is 10.7 Å². The van der Waals surface area contributed by atoms with Crippen molar-refractivity contribution in [1.29, 1.82) is 0 Å². The van der Waals surface area contributed by atoms with Crippen molar-refractivity contribution in [2.45, 2.75) is 6.54 Å². The van der Waals surface area contributed by atoms with Crippen molar-refractivity contribution in [3.05, 3.63) is 64.0 Å². The van der Waals surface area contributed by atoms with Crippen LogP contribution in [0.2, 0.25) is 0 Å².